The fourth-order valence-corrected chi connectivity index (χ4v) is 5.01. The van der Waals surface area contributed by atoms with E-state index in [0.29, 0.717) is 70.1 Å². The van der Waals surface area contributed by atoms with Gasteiger partial charge < -0.3 is 33.4 Å². The number of imidazole rings is 1. The number of dihydropyridines is 1. The molecule has 0 radical (unpaired) electrons. The highest BCUT2D eigenvalue weighted by Crippen LogP contribution is 2.44. The van der Waals surface area contributed by atoms with Crippen molar-refractivity contribution in [3.63, 3.8) is 0 Å². The van der Waals surface area contributed by atoms with Gasteiger partial charge in [0.1, 0.15) is 0 Å². The van der Waals surface area contributed by atoms with Crippen LogP contribution in [0.1, 0.15) is 29.4 Å². The summed E-state index contributed by atoms with van der Waals surface area (Å²) < 4.78 is 25.9. The van der Waals surface area contributed by atoms with Crippen LogP contribution in [0.3, 0.4) is 0 Å². The number of ether oxygens (including phenoxy) is 4. The van der Waals surface area contributed by atoms with E-state index in [2.05, 4.69) is 10.3 Å². The lowest BCUT2D eigenvalue weighted by atomic mass is 10.0. The van der Waals surface area contributed by atoms with Crippen molar-refractivity contribution in [2.24, 2.45) is 0 Å². The third kappa shape index (κ3) is 3.09. The molecule has 0 bridgehead atoms. The lowest BCUT2D eigenvalue weighted by molar-refractivity contribution is -0.00724. The van der Waals surface area contributed by atoms with Gasteiger partial charge in [0.25, 0.3) is 5.56 Å². The molecule has 35 heavy (non-hydrogen) atoms. The standard InChI is InChI=1S/C25H24N4O6/c1-25-19(34-13-35-25)11-16-21(27-25)22-20(23(16)30)14-9-17(32-2)18(33-3)10-15(14)24(31)29(22)7-4-6-28-8-5-26-12-28/h5,8-12,27H,4,6-7,13H2,1-3H3. The molecule has 10 heteroatoms. The molecular weight excluding hydrogens is 452 g/mol. The topological polar surface area (TPSA) is 106 Å². The van der Waals surface area contributed by atoms with E-state index >= 15 is 0 Å². The number of benzene rings is 1. The second-order valence-electron chi connectivity index (χ2n) is 8.78. The van der Waals surface area contributed by atoms with Crippen molar-refractivity contribution in [3.05, 3.63) is 69.9 Å². The number of pyridine rings is 1. The summed E-state index contributed by atoms with van der Waals surface area (Å²) in [6, 6.07) is 3.34. The number of aromatic nitrogens is 3. The first-order chi connectivity index (χ1) is 16.9. The van der Waals surface area contributed by atoms with E-state index in [0.717, 1.165) is 0 Å². The Balaban J connectivity index is 1.56. The largest absolute Gasteiger partial charge is 0.493 e. The summed E-state index contributed by atoms with van der Waals surface area (Å²) in [5.74, 6) is 1.22. The summed E-state index contributed by atoms with van der Waals surface area (Å²) in [6.07, 6.45) is 7.71. The van der Waals surface area contributed by atoms with Crippen molar-refractivity contribution >= 4 is 22.3 Å². The zero-order valence-corrected chi connectivity index (χ0v) is 19.6. The number of carbonyl (C=O) groups excluding carboxylic acids is 1. The molecule has 1 unspecified atom stereocenters. The summed E-state index contributed by atoms with van der Waals surface area (Å²) in [4.78, 5) is 31.7. The Kier molecular flexibility index (Phi) is 4.75. The Morgan fingerprint density at radius 3 is 2.63 bits per heavy atom. The minimum absolute atomic E-state index is 0.0867. The second-order valence-corrected chi connectivity index (χ2v) is 8.78. The van der Waals surface area contributed by atoms with Gasteiger partial charge in [0.05, 0.1) is 48.5 Å². The molecule has 1 N–H and O–H groups in total. The van der Waals surface area contributed by atoms with Gasteiger partial charge in [-0.25, -0.2) is 4.98 Å². The molecule has 1 aromatic carbocycles. The van der Waals surface area contributed by atoms with Gasteiger partial charge in [-0.3, -0.25) is 9.59 Å². The molecule has 4 heterocycles. The molecule has 6 rings (SSSR count). The number of nitrogens with one attached hydrogen (secondary N) is 1. The van der Waals surface area contributed by atoms with Crippen molar-refractivity contribution in [2.45, 2.75) is 32.2 Å². The smallest absolute Gasteiger partial charge is 0.259 e. The Morgan fingerprint density at radius 1 is 1.14 bits per heavy atom. The highest BCUT2D eigenvalue weighted by Gasteiger charge is 2.47. The number of allylic oxidation sites excluding steroid dienone is 2. The first kappa shape index (κ1) is 21.5. The third-order valence-corrected chi connectivity index (χ3v) is 6.78. The third-order valence-electron chi connectivity index (χ3n) is 6.78. The van der Waals surface area contributed by atoms with Crippen molar-refractivity contribution in [3.8, 4) is 11.5 Å². The summed E-state index contributed by atoms with van der Waals surface area (Å²) in [5, 5.41) is 4.25. The molecule has 1 fully saturated rings. The average molecular weight is 476 g/mol. The molecule has 3 aliphatic rings. The Hall–Kier alpha value is -4.05. The molecule has 1 atom stereocenters. The van der Waals surface area contributed by atoms with Gasteiger partial charge in [-0.2, -0.15) is 0 Å². The normalized spacial score (nSPS) is 20.2. The van der Waals surface area contributed by atoms with Crippen LogP contribution in [-0.4, -0.2) is 46.6 Å². The van der Waals surface area contributed by atoms with E-state index in [1.807, 2.05) is 17.7 Å². The first-order valence-corrected chi connectivity index (χ1v) is 11.3. The van der Waals surface area contributed by atoms with Gasteiger partial charge in [-0.15, -0.1) is 0 Å². The van der Waals surface area contributed by atoms with Gasteiger partial charge in [0.15, 0.2) is 35.6 Å². The molecular formula is C25H24N4O6. The number of ketones is 1. The summed E-state index contributed by atoms with van der Waals surface area (Å²) in [5.41, 5.74) is 0.886. The number of hydrogen-bond donors (Lipinski definition) is 1. The molecule has 180 valence electrons. The van der Waals surface area contributed by atoms with Crippen molar-refractivity contribution < 1.29 is 23.7 Å². The van der Waals surface area contributed by atoms with Crippen LogP contribution in [0.5, 0.6) is 11.5 Å². The van der Waals surface area contributed by atoms with Gasteiger partial charge in [-0.1, -0.05) is 0 Å². The monoisotopic (exact) mass is 476 g/mol. The van der Waals surface area contributed by atoms with Crippen molar-refractivity contribution in [2.75, 3.05) is 21.0 Å². The number of hydrogen-bond acceptors (Lipinski definition) is 8. The average Bonchev–Trinajstić information content (AvgIpc) is 3.57. The Morgan fingerprint density at radius 2 is 1.91 bits per heavy atom. The predicted molar refractivity (Wildman–Crippen MR) is 126 cm³/mol. The van der Waals surface area contributed by atoms with E-state index in [9.17, 15) is 9.59 Å². The molecule has 0 saturated carbocycles. The van der Waals surface area contributed by atoms with E-state index < -0.39 is 5.72 Å². The Labute approximate surface area is 200 Å². The van der Waals surface area contributed by atoms with Gasteiger partial charge in [0.2, 0.25) is 0 Å². The van der Waals surface area contributed by atoms with Crippen LogP contribution in [0.4, 0.5) is 0 Å². The first-order valence-electron chi connectivity index (χ1n) is 11.3. The lowest BCUT2D eigenvalue weighted by Gasteiger charge is -2.30. The van der Waals surface area contributed by atoms with Crippen LogP contribution < -0.4 is 20.3 Å². The fourth-order valence-electron chi connectivity index (χ4n) is 5.01. The molecule has 2 aliphatic heterocycles. The number of methoxy groups -OCH3 is 2. The maximum atomic E-state index is 13.9. The number of rotatable bonds is 6. The zero-order chi connectivity index (χ0) is 24.3. The minimum Gasteiger partial charge on any atom is -0.493 e. The van der Waals surface area contributed by atoms with E-state index in [-0.39, 0.29) is 18.1 Å². The fraction of sp³-hybridized carbons (Fsp3) is 0.320. The van der Waals surface area contributed by atoms with E-state index in [1.54, 1.807) is 35.3 Å². The molecule has 0 amide bonds. The maximum Gasteiger partial charge on any atom is 0.259 e. The van der Waals surface area contributed by atoms with E-state index in [4.69, 9.17) is 18.9 Å². The van der Waals surface area contributed by atoms with Crippen LogP contribution in [0.15, 0.2) is 53.1 Å². The number of fused-ring (bicyclic) bond motifs is 5. The molecule has 1 aliphatic carbocycles. The predicted octanol–water partition coefficient (Wildman–Crippen LogP) is 2.42. The Bertz CT molecular complexity index is 1500. The molecule has 2 aromatic heterocycles. The lowest BCUT2D eigenvalue weighted by Crippen LogP contribution is -2.44. The van der Waals surface area contributed by atoms with Crippen LogP contribution >= 0.6 is 0 Å². The summed E-state index contributed by atoms with van der Waals surface area (Å²) >= 11 is 0. The number of aryl methyl sites for hydroxylation is 1. The summed E-state index contributed by atoms with van der Waals surface area (Å²) in [7, 11) is 3.04. The quantitative estimate of drug-likeness (QED) is 0.578. The van der Waals surface area contributed by atoms with Gasteiger partial charge in [-0.05, 0) is 31.6 Å². The molecule has 1 saturated heterocycles. The van der Waals surface area contributed by atoms with Gasteiger partial charge in [0, 0.05) is 30.9 Å². The van der Waals surface area contributed by atoms with Crippen LogP contribution in [0.2, 0.25) is 0 Å². The number of nitrogens with zero attached hydrogens (tertiary/aromatic N) is 3. The minimum atomic E-state index is -0.912. The SMILES string of the molecule is COc1cc2c3c(n(CCCn4ccnc4)c(=O)c2cc1OC)C1=C(C=C2OCOC2(C)N1)C3=O. The maximum absolute atomic E-state index is 13.9. The highest BCUT2D eigenvalue weighted by atomic mass is 16.7. The molecule has 10 nitrogen and oxygen atoms in total. The molecule has 3 aromatic rings. The van der Waals surface area contributed by atoms with Crippen molar-refractivity contribution in [1.29, 1.82) is 0 Å². The summed E-state index contributed by atoms with van der Waals surface area (Å²) in [6.45, 7) is 3.01. The number of carbonyl (C=O) groups is 1. The second kappa shape index (κ2) is 7.74. The highest BCUT2D eigenvalue weighted by molar-refractivity contribution is 6.27. The van der Waals surface area contributed by atoms with Crippen LogP contribution in [0, 0.1) is 0 Å². The number of Topliss-reactive ketones (excluding diaryl/α,β-unsaturated/α-hetero) is 1. The van der Waals surface area contributed by atoms with Gasteiger partial charge >= 0.3 is 0 Å². The van der Waals surface area contributed by atoms with Crippen LogP contribution in [-0.2, 0) is 22.6 Å². The van der Waals surface area contributed by atoms with E-state index in [1.165, 1.54) is 14.2 Å². The van der Waals surface area contributed by atoms with Crippen LogP contribution in [0.25, 0.3) is 16.5 Å². The zero-order valence-electron chi connectivity index (χ0n) is 19.6. The molecule has 0 spiro atoms. The van der Waals surface area contributed by atoms with Crippen molar-refractivity contribution in [1.82, 2.24) is 19.4 Å².